The average Bonchev–Trinajstić information content (AvgIpc) is 2.29. The van der Waals surface area contributed by atoms with Crippen molar-refractivity contribution in [3.8, 4) is 0 Å². The van der Waals surface area contributed by atoms with E-state index in [1.807, 2.05) is 6.08 Å². The smallest absolute Gasteiger partial charge is 0.0310 e. The largest absolute Gasteiger partial charge is 0.116 e. The van der Waals surface area contributed by atoms with Crippen molar-refractivity contribution >= 4 is 0 Å². The van der Waals surface area contributed by atoms with E-state index < -0.39 is 0 Å². The number of hydrogen-bond donors (Lipinski definition) is 0. The van der Waals surface area contributed by atoms with Gasteiger partial charge in [-0.25, -0.2) is 0 Å². The van der Waals surface area contributed by atoms with Crippen molar-refractivity contribution in [2.75, 3.05) is 0 Å². The van der Waals surface area contributed by atoms with E-state index in [1.54, 1.807) is 11.1 Å². The normalized spacial score (nSPS) is 28.6. The van der Waals surface area contributed by atoms with E-state index in [2.05, 4.69) is 30.0 Å². The molecule has 0 saturated carbocycles. The topological polar surface area (TPSA) is 0 Å². The molecule has 3 aliphatic carbocycles. The number of hydrogen-bond acceptors (Lipinski definition) is 0. The zero-order valence-electron chi connectivity index (χ0n) is 8.29. The van der Waals surface area contributed by atoms with Gasteiger partial charge in [0.2, 0.25) is 0 Å². The highest BCUT2D eigenvalue weighted by atomic mass is 14.3. The van der Waals surface area contributed by atoms with Crippen molar-refractivity contribution in [3.63, 3.8) is 0 Å². The van der Waals surface area contributed by atoms with Crippen LogP contribution in [0.1, 0.15) is 25.7 Å². The highest BCUT2D eigenvalue weighted by molar-refractivity contribution is 5.48. The maximum absolute atomic E-state index is 3.34. The molecule has 0 heterocycles. The van der Waals surface area contributed by atoms with Gasteiger partial charge in [0.25, 0.3) is 0 Å². The van der Waals surface area contributed by atoms with Gasteiger partial charge in [-0.2, -0.15) is 0 Å². The van der Waals surface area contributed by atoms with E-state index in [0.29, 0.717) is 5.92 Å². The zero-order chi connectivity index (χ0) is 9.38. The number of rotatable bonds is 0. The van der Waals surface area contributed by atoms with E-state index in [0.717, 1.165) is 0 Å². The van der Waals surface area contributed by atoms with Crippen molar-refractivity contribution in [1.29, 1.82) is 0 Å². The predicted octanol–water partition coefficient (Wildman–Crippen LogP) is 3.69. The summed E-state index contributed by atoms with van der Waals surface area (Å²) in [5.41, 5.74) is 7.95. The van der Waals surface area contributed by atoms with Crippen LogP contribution in [0.4, 0.5) is 0 Å². The van der Waals surface area contributed by atoms with Crippen LogP contribution in [0.2, 0.25) is 0 Å². The van der Waals surface area contributed by atoms with Crippen LogP contribution in [0.3, 0.4) is 0 Å². The summed E-state index contributed by atoms with van der Waals surface area (Å²) in [5, 5.41) is 0. The Morgan fingerprint density at radius 2 is 2.07 bits per heavy atom. The lowest BCUT2D eigenvalue weighted by Gasteiger charge is -2.28. The summed E-state index contributed by atoms with van der Waals surface area (Å²) < 4.78 is 0. The van der Waals surface area contributed by atoms with Gasteiger partial charge in [-0.3, -0.25) is 0 Å². The molecule has 0 bridgehead atoms. The quantitative estimate of drug-likeness (QED) is 0.501. The first-order valence-electron chi connectivity index (χ1n) is 5.48. The monoisotopic (exact) mass is 182 g/mol. The van der Waals surface area contributed by atoms with E-state index in [-0.39, 0.29) is 0 Å². The summed E-state index contributed by atoms with van der Waals surface area (Å²) in [5.74, 6) is 0.556. The average molecular weight is 182 g/mol. The van der Waals surface area contributed by atoms with Crippen molar-refractivity contribution in [1.82, 2.24) is 0 Å². The molecule has 0 aliphatic heterocycles. The molecular formula is C14H14. The zero-order valence-corrected chi connectivity index (χ0v) is 8.29. The summed E-state index contributed by atoms with van der Waals surface area (Å²) in [4.78, 5) is 0. The van der Waals surface area contributed by atoms with Gasteiger partial charge in [0.1, 0.15) is 0 Å². The van der Waals surface area contributed by atoms with Gasteiger partial charge in [-0.05, 0) is 37.3 Å². The third-order valence-corrected chi connectivity index (χ3v) is 3.38. The summed E-state index contributed by atoms with van der Waals surface area (Å²) in [7, 11) is 0. The molecule has 0 aromatic rings. The molecule has 14 heavy (non-hydrogen) atoms. The van der Waals surface area contributed by atoms with Crippen molar-refractivity contribution in [3.05, 3.63) is 52.8 Å². The Bertz CT molecular complexity index is 409. The lowest BCUT2D eigenvalue weighted by Crippen LogP contribution is -2.13. The van der Waals surface area contributed by atoms with Gasteiger partial charge >= 0.3 is 0 Å². The number of allylic oxidation sites excluding steroid dienone is 7. The Balaban J connectivity index is 2.10. The minimum absolute atomic E-state index is 0.556. The molecule has 3 rings (SSSR count). The Kier molecular flexibility index (Phi) is 1.82. The molecule has 70 valence electrons. The van der Waals surface area contributed by atoms with Crippen LogP contribution in [0.15, 0.2) is 52.8 Å². The maximum atomic E-state index is 3.34. The lowest BCUT2D eigenvalue weighted by molar-refractivity contribution is 0.636. The van der Waals surface area contributed by atoms with Crippen molar-refractivity contribution in [2.45, 2.75) is 25.7 Å². The SMILES string of the molecule is C1=CC=CC2C=1C=CC1=C2CCCC1. The van der Waals surface area contributed by atoms with Gasteiger partial charge in [-0.1, -0.05) is 29.9 Å². The first kappa shape index (κ1) is 8.08. The highest BCUT2D eigenvalue weighted by Crippen LogP contribution is 2.39. The molecule has 0 N–H and O–H groups in total. The van der Waals surface area contributed by atoms with Crippen molar-refractivity contribution in [2.24, 2.45) is 5.92 Å². The van der Waals surface area contributed by atoms with Crippen LogP contribution in [0.5, 0.6) is 0 Å². The first-order chi connectivity index (χ1) is 6.95. The van der Waals surface area contributed by atoms with Crippen LogP contribution >= 0.6 is 0 Å². The second-order valence-electron chi connectivity index (χ2n) is 4.22. The van der Waals surface area contributed by atoms with E-state index in [1.165, 1.54) is 31.3 Å². The molecule has 1 unspecified atom stereocenters. The van der Waals surface area contributed by atoms with Crippen molar-refractivity contribution < 1.29 is 0 Å². The predicted molar refractivity (Wildman–Crippen MR) is 58.9 cm³/mol. The third-order valence-electron chi connectivity index (χ3n) is 3.38. The van der Waals surface area contributed by atoms with Crippen LogP contribution < -0.4 is 0 Å². The van der Waals surface area contributed by atoms with E-state index in [9.17, 15) is 0 Å². The van der Waals surface area contributed by atoms with Gasteiger partial charge in [0.15, 0.2) is 0 Å². The van der Waals surface area contributed by atoms with Gasteiger partial charge in [0.05, 0.1) is 0 Å². The molecule has 0 amide bonds. The molecule has 1 atom stereocenters. The van der Waals surface area contributed by atoms with Crippen LogP contribution in [0.25, 0.3) is 0 Å². The second-order valence-corrected chi connectivity index (χ2v) is 4.22. The van der Waals surface area contributed by atoms with Crippen LogP contribution in [-0.2, 0) is 0 Å². The minimum Gasteiger partial charge on any atom is -0.116 e. The van der Waals surface area contributed by atoms with E-state index >= 15 is 0 Å². The van der Waals surface area contributed by atoms with Crippen LogP contribution in [0, 0.1) is 5.92 Å². The molecule has 0 heteroatoms. The Hall–Kier alpha value is -1.26. The molecule has 0 saturated heterocycles. The Labute approximate surface area is 85.0 Å². The van der Waals surface area contributed by atoms with Gasteiger partial charge < -0.3 is 0 Å². The molecule has 0 spiro atoms. The molecule has 0 aromatic heterocycles. The fraction of sp³-hybridized carbons (Fsp3) is 0.357. The summed E-state index contributed by atoms with van der Waals surface area (Å²) >= 11 is 0. The summed E-state index contributed by atoms with van der Waals surface area (Å²) in [6.07, 6.45) is 16.3. The van der Waals surface area contributed by atoms with Crippen LogP contribution in [-0.4, -0.2) is 0 Å². The standard InChI is InChI=1S/C14H14/c1-3-7-13-11(5-1)9-10-12-6-2-4-8-14(12)13/h1,3,7,9-10,13H,2,4,6,8H2. The highest BCUT2D eigenvalue weighted by Gasteiger charge is 2.23. The fourth-order valence-electron chi connectivity index (χ4n) is 2.65. The lowest BCUT2D eigenvalue weighted by atomic mass is 9.76. The Morgan fingerprint density at radius 1 is 1.14 bits per heavy atom. The molecule has 0 fully saturated rings. The fourth-order valence-corrected chi connectivity index (χ4v) is 2.65. The molecular weight excluding hydrogens is 168 g/mol. The second kappa shape index (κ2) is 3.15. The van der Waals surface area contributed by atoms with Gasteiger partial charge in [-0.15, -0.1) is 5.73 Å². The Morgan fingerprint density at radius 3 is 3.07 bits per heavy atom. The molecule has 0 aromatic carbocycles. The first-order valence-corrected chi connectivity index (χ1v) is 5.48. The third kappa shape index (κ3) is 1.15. The summed E-state index contributed by atoms with van der Waals surface area (Å²) in [6.45, 7) is 0. The van der Waals surface area contributed by atoms with Gasteiger partial charge in [0, 0.05) is 11.5 Å². The molecule has 3 aliphatic rings. The summed E-state index contributed by atoms with van der Waals surface area (Å²) in [6, 6.07) is 0. The molecule has 0 nitrogen and oxygen atoms in total. The minimum atomic E-state index is 0.556. The molecule has 0 radical (unpaired) electrons. The number of fused-ring (bicyclic) bond motifs is 2. The maximum Gasteiger partial charge on any atom is 0.0310 e. The van der Waals surface area contributed by atoms with E-state index in [4.69, 9.17) is 0 Å².